The molecule has 3 rings (SSSR count). The van der Waals surface area contributed by atoms with Gasteiger partial charge in [0.25, 0.3) is 0 Å². The van der Waals surface area contributed by atoms with Crippen molar-refractivity contribution in [2.45, 2.75) is 0 Å². The van der Waals surface area contributed by atoms with Gasteiger partial charge in [0, 0.05) is 10.7 Å². The van der Waals surface area contributed by atoms with Crippen molar-refractivity contribution in [3.05, 3.63) is 47.1 Å². The Labute approximate surface area is 111 Å². The van der Waals surface area contributed by atoms with E-state index in [1.165, 1.54) is 0 Å². The molecule has 0 atom stereocenters. The molecule has 84 valence electrons. The van der Waals surface area contributed by atoms with E-state index in [2.05, 4.69) is 37.3 Å². The van der Waals surface area contributed by atoms with Gasteiger partial charge in [-0.15, -0.1) is 0 Å². The van der Waals surface area contributed by atoms with Gasteiger partial charge in [-0.1, -0.05) is 33.3 Å². The molecule has 0 radical (unpaired) electrons. The van der Waals surface area contributed by atoms with Gasteiger partial charge in [-0.2, -0.15) is 0 Å². The molecule has 0 aliphatic rings. The molecule has 1 aromatic carbocycles. The first-order valence-corrected chi connectivity index (χ1v) is 6.66. The molecule has 0 aliphatic heterocycles. The van der Waals surface area contributed by atoms with Crippen molar-refractivity contribution in [3.63, 3.8) is 0 Å². The fraction of sp³-hybridized carbons (Fsp3) is 0. The number of hydrogen-bond donors (Lipinski definition) is 1. The number of halogens is 1. The smallest absolute Gasteiger partial charge is 0.189 e. The molecule has 5 heteroatoms. The number of nitrogens with zero attached hydrogens (tertiary/aromatic N) is 2. The summed E-state index contributed by atoms with van der Waals surface area (Å²) >= 11 is 5.07. The summed E-state index contributed by atoms with van der Waals surface area (Å²) in [5.41, 5.74) is 0.997. The lowest BCUT2D eigenvalue weighted by Crippen LogP contribution is -1.90. The average molecular weight is 306 g/mol. The van der Waals surface area contributed by atoms with E-state index in [0.717, 1.165) is 25.6 Å². The summed E-state index contributed by atoms with van der Waals surface area (Å²) in [5.74, 6) is 0.811. The standard InChI is InChI=1S/C12H8BrN3S/c13-8-4-5-9-10(7-8)17-12(15-9)16-11-3-1-2-6-14-11/h1-7H,(H,14,15,16). The van der Waals surface area contributed by atoms with Crippen molar-refractivity contribution in [1.29, 1.82) is 0 Å². The Balaban J connectivity index is 1.96. The van der Waals surface area contributed by atoms with Crippen LogP contribution in [0.15, 0.2) is 47.1 Å². The molecule has 0 amide bonds. The summed E-state index contributed by atoms with van der Waals surface area (Å²) in [5, 5.41) is 4.05. The largest absolute Gasteiger partial charge is 0.316 e. The van der Waals surface area contributed by atoms with Gasteiger partial charge in [-0.3, -0.25) is 0 Å². The molecule has 17 heavy (non-hydrogen) atoms. The van der Waals surface area contributed by atoms with Crippen molar-refractivity contribution < 1.29 is 0 Å². The quantitative estimate of drug-likeness (QED) is 0.771. The molecular formula is C12H8BrN3S. The van der Waals surface area contributed by atoms with Gasteiger partial charge in [-0.25, -0.2) is 9.97 Å². The molecule has 0 saturated heterocycles. The van der Waals surface area contributed by atoms with Crippen LogP contribution >= 0.6 is 27.3 Å². The maximum atomic E-state index is 4.50. The van der Waals surface area contributed by atoms with Crippen molar-refractivity contribution >= 4 is 48.4 Å². The number of anilines is 2. The van der Waals surface area contributed by atoms with Crippen LogP contribution in [0.25, 0.3) is 10.2 Å². The number of hydrogen-bond acceptors (Lipinski definition) is 4. The van der Waals surface area contributed by atoms with Crippen molar-refractivity contribution in [2.75, 3.05) is 5.32 Å². The van der Waals surface area contributed by atoms with Crippen LogP contribution in [0.2, 0.25) is 0 Å². The van der Waals surface area contributed by atoms with Crippen LogP contribution in [0.4, 0.5) is 10.9 Å². The summed E-state index contributed by atoms with van der Waals surface area (Å²) in [6.45, 7) is 0. The highest BCUT2D eigenvalue weighted by atomic mass is 79.9. The molecule has 0 fully saturated rings. The maximum absolute atomic E-state index is 4.50. The molecule has 0 aliphatic carbocycles. The maximum Gasteiger partial charge on any atom is 0.189 e. The van der Waals surface area contributed by atoms with Crippen LogP contribution in [0.1, 0.15) is 0 Å². The van der Waals surface area contributed by atoms with E-state index < -0.39 is 0 Å². The van der Waals surface area contributed by atoms with Crippen molar-refractivity contribution in [3.8, 4) is 0 Å². The van der Waals surface area contributed by atoms with E-state index in [1.807, 2.05) is 30.3 Å². The van der Waals surface area contributed by atoms with Gasteiger partial charge in [0.1, 0.15) is 5.82 Å². The monoisotopic (exact) mass is 305 g/mol. The first-order chi connectivity index (χ1) is 8.31. The number of aromatic nitrogens is 2. The molecule has 0 spiro atoms. The minimum Gasteiger partial charge on any atom is -0.316 e. The van der Waals surface area contributed by atoms with E-state index in [0.29, 0.717) is 0 Å². The van der Waals surface area contributed by atoms with E-state index >= 15 is 0 Å². The summed E-state index contributed by atoms with van der Waals surface area (Å²) in [6.07, 6.45) is 1.76. The molecule has 3 aromatic rings. The van der Waals surface area contributed by atoms with E-state index in [9.17, 15) is 0 Å². The summed E-state index contributed by atoms with van der Waals surface area (Å²) < 4.78 is 2.22. The van der Waals surface area contributed by atoms with Crippen molar-refractivity contribution in [2.24, 2.45) is 0 Å². The van der Waals surface area contributed by atoms with Gasteiger partial charge >= 0.3 is 0 Å². The first-order valence-electron chi connectivity index (χ1n) is 5.05. The lowest BCUT2D eigenvalue weighted by atomic mass is 10.3. The Hall–Kier alpha value is -1.46. The molecule has 0 saturated carbocycles. The van der Waals surface area contributed by atoms with Crippen LogP contribution in [0, 0.1) is 0 Å². The number of benzene rings is 1. The summed E-state index contributed by atoms with van der Waals surface area (Å²) in [4.78, 5) is 8.70. The van der Waals surface area contributed by atoms with Gasteiger partial charge in [0.05, 0.1) is 10.2 Å². The third-order valence-electron chi connectivity index (χ3n) is 2.25. The van der Waals surface area contributed by atoms with Crippen LogP contribution in [-0.4, -0.2) is 9.97 Å². The topological polar surface area (TPSA) is 37.8 Å². The van der Waals surface area contributed by atoms with Crippen molar-refractivity contribution in [1.82, 2.24) is 9.97 Å². The SMILES string of the molecule is Brc1ccc2nc(Nc3ccccn3)sc2c1. The lowest BCUT2D eigenvalue weighted by Gasteiger charge is -1.98. The highest BCUT2D eigenvalue weighted by Gasteiger charge is 2.04. The molecule has 0 unspecified atom stereocenters. The second kappa shape index (κ2) is 4.43. The zero-order valence-corrected chi connectivity index (χ0v) is 11.1. The van der Waals surface area contributed by atoms with Gasteiger partial charge in [0.15, 0.2) is 5.13 Å². The zero-order valence-electron chi connectivity index (χ0n) is 8.72. The Kier molecular flexibility index (Phi) is 2.78. The Morgan fingerprint density at radius 1 is 1.18 bits per heavy atom. The first kappa shape index (κ1) is 10.7. The second-order valence-electron chi connectivity index (χ2n) is 3.47. The second-order valence-corrected chi connectivity index (χ2v) is 5.42. The number of fused-ring (bicyclic) bond motifs is 1. The zero-order chi connectivity index (χ0) is 11.7. The number of rotatable bonds is 2. The third-order valence-corrected chi connectivity index (χ3v) is 3.68. The molecular weight excluding hydrogens is 298 g/mol. The normalized spacial score (nSPS) is 10.6. The molecule has 0 bridgehead atoms. The minimum atomic E-state index is 0.811. The van der Waals surface area contributed by atoms with E-state index in [-0.39, 0.29) is 0 Å². The highest BCUT2D eigenvalue weighted by molar-refractivity contribution is 9.10. The highest BCUT2D eigenvalue weighted by Crippen LogP contribution is 2.29. The predicted octanol–water partition coefficient (Wildman–Crippen LogP) is 4.20. The van der Waals surface area contributed by atoms with Crippen LogP contribution < -0.4 is 5.32 Å². The Morgan fingerprint density at radius 3 is 2.94 bits per heavy atom. The van der Waals surface area contributed by atoms with Crippen LogP contribution in [0.3, 0.4) is 0 Å². The molecule has 2 heterocycles. The minimum absolute atomic E-state index is 0.811. The van der Waals surface area contributed by atoms with Gasteiger partial charge in [0.2, 0.25) is 0 Å². The third kappa shape index (κ3) is 2.30. The summed E-state index contributed by atoms with van der Waals surface area (Å²) in [6, 6.07) is 11.8. The Morgan fingerprint density at radius 2 is 2.12 bits per heavy atom. The number of pyridine rings is 1. The van der Waals surface area contributed by atoms with Crippen LogP contribution in [-0.2, 0) is 0 Å². The van der Waals surface area contributed by atoms with Gasteiger partial charge in [-0.05, 0) is 30.3 Å². The predicted molar refractivity (Wildman–Crippen MR) is 74.8 cm³/mol. The number of nitrogens with one attached hydrogen (secondary N) is 1. The molecule has 2 aromatic heterocycles. The molecule has 1 N–H and O–H groups in total. The average Bonchev–Trinajstić information content (AvgIpc) is 2.71. The van der Waals surface area contributed by atoms with E-state index in [4.69, 9.17) is 0 Å². The Bertz CT molecular complexity index is 651. The lowest BCUT2D eigenvalue weighted by molar-refractivity contribution is 1.30. The number of thiazole rings is 1. The molecule has 3 nitrogen and oxygen atoms in total. The summed E-state index contributed by atoms with van der Waals surface area (Å²) in [7, 11) is 0. The van der Waals surface area contributed by atoms with Gasteiger partial charge < -0.3 is 5.32 Å². The van der Waals surface area contributed by atoms with Crippen LogP contribution in [0.5, 0.6) is 0 Å². The fourth-order valence-corrected chi connectivity index (χ4v) is 2.92. The fourth-order valence-electron chi connectivity index (χ4n) is 1.50. The van der Waals surface area contributed by atoms with E-state index in [1.54, 1.807) is 17.5 Å².